The molecule has 2 aliphatic carbocycles. The maximum Gasteiger partial charge on any atom is 0.416 e. The van der Waals surface area contributed by atoms with Gasteiger partial charge in [-0.25, -0.2) is 8.42 Å². The Morgan fingerprint density at radius 3 is 2.41 bits per heavy atom. The van der Waals surface area contributed by atoms with Crippen molar-refractivity contribution < 1.29 is 40.8 Å². The van der Waals surface area contributed by atoms with E-state index >= 15 is 0 Å². The predicted molar refractivity (Wildman–Crippen MR) is 153 cm³/mol. The summed E-state index contributed by atoms with van der Waals surface area (Å²) in [6.45, 7) is 0.265. The summed E-state index contributed by atoms with van der Waals surface area (Å²) in [5, 5.41) is 4.92. The van der Waals surface area contributed by atoms with Crippen molar-refractivity contribution in [3.63, 3.8) is 0 Å². The molecule has 4 aliphatic rings. The maximum absolute atomic E-state index is 13.8. The highest BCUT2D eigenvalue weighted by Gasteiger charge is 2.61. The van der Waals surface area contributed by atoms with Gasteiger partial charge in [0.25, 0.3) is 5.91 Å². The lowest BCUT2D eigenvalue weighted by Crippen LogP contribution is -2.58. The fraction of sp³-hybridized carbons (Fsp3) is 0.600. The quantitative estimate of drug-likeness (QED) is 0.410. The second-order valence-electron chi connectivity index (χ2n) is 12.2. The normalized spacial score (nSPS) is 28.2. The predicted octanol–water partition coefficient (Wildman–Crippen LogP) is 2.73. The highest BCUT2D eigenvalue weighted by molar-refractivity contribution is 7.91. The van der Waals surface area contributed by atoms with E-state index in [4.69, 9.17) is 0 Å². The zero-order valence-electron chi connectivity index (χ0n) is 24.2. The van der Waals surface area contributed by atoms with Crippen LogP contribution in [0.4, 0.5) is 13.2 Å². The minimum atomic E-state index is -4.50. The number of nitrogens with one attached hydrogen (secondary N) is 3. The lowest BCUT2D eigenvalue weighted by molar-refractivity contribution is -0.142. The Hall–Kier alpha value is -3.42. The number of sulfonamides is 1. The lowest BCUT2D eigenvalue weighted by Gasteiger charge is -2.30. The number of benzene rings is 1. The minimum absolute atomic E-state index is 0.223. The summed E-state index contributed by atoms with van der Waals surface area (Å²) in [5.41, 5.74) is -1.90. The van der Waals surface area contributed by atoms with Crippen LogP contribution in [0.5, 0.6) is 0 Å². The number of halogens is 3. The van der Waals surface area contributed by atoms with Crippen LogP contribution in [-0.4, -0.2) is 66.4 Å². The van der Waals surface area contributed by atoms with Crippen LogP contribution < -0.4 is 15.4 Å². The molecule has 5 rings (SSSR count). The molecule has 1 saturated heterocycles. The van der Waals surface area contributed by atoms with Crippen LogP contribution in [0.25, 0.3) is 0 Å². The van der Waals surface area contributed by atoms with E-state index in [2.05, 4.69) is 15.4 Å². The van der Waals surface area contributed by atoms with Crippen LogP contribution in [0.2, 0.25) is 0 Å². The van der Waals surface area contributed by atoms with Gasteiger partial charge in [0.2, 0.25) is 27.7 Å². The van der Waals surface area contributed by atoms with E-state index < -0.39 is 68.3 Å². The molecule has 0 bridgehead atoms. The fourth-order valence-corrected chi connectivity index (χ4v) is 7.38. The first-order valence-electron chi connectivity index (χ1n) is 15.1. The molecule has 44 heavy (non-hydrogen) atoms. The lowest BCUT2D eigenvalue weighted by atomic mass is 10.0. The molecule has 1 aromatic rings. The first-order chi connectivity index (χ1) is 20.8. The molecule has 4 unspecified atom stereocenters. The molecule has 0 radical (unpaired) electrons. The Labute approximate surface area is 254 Å². The van der Waals surface area contributed by atoms with E-state index in [1.165, 1.54) is 17.0 Å². The van der Waals surface area contributed by atoms with Gasteiger partial charge in [0, 0.05) is 12.5 Å². The molecule has 3 fully saturated rings. The largest absolute Gasteiger partial charge is 0.416 e. The average Bonchev–Trinajstić information content (AvgIpc) is 3.87. The summed E-state index contributed by atoms with van der Waals surface area (Å²) in [5.74, 6) is -2.69. The van der Waals surface area contributed by atoms with E-state index in [1.54, 1.807) is 0 Å². The Balaban J connectivity index is 1.30. The number of carbonyl (C=O) groups excluding carboxylic acids is 4. The van der Waals surface area contributed by atoms with Crippen LogP contribution in [0.15, 0.2) is 36.4 Å². The topological polar surface area (TPSA) is 142 Å². The smallest absolute Gasteiger partial charge is 0.344 e. The van der Waals surface area contributed by atoms with Crippen molar-refractivity contribution in [1.29, 1.82) is 0 Å². The summed E-state index contributed by atoms with van der Waals surface area (Å²) in [7, 11) is -3.84. The zero-order valence-corrected chi connectivity index (χ0v) is 25.0. The van der Waals surface area contributed by atoms with E-state index in [9.17, 15) is 40.8 Å². The van der Waals surface area contributed by atoms with Crippen molar-refractivity contribution in [1.82, 2.24) is 20.3 Å². The van der Waals surface area contributed by atoms with Crippen molar-refractivity contribution >= 4 is 33.7 Å². The molecule has 4 amide bonds. The molecular weight excluding hydrogens is 601 g/mol. The van der Waals surface area contributed by atoms with E-state index in [1.807, 2.05) is 12.2 Å². The number of rotatable bonds is 6. The molecule has 2 heterocycles. The average molecular weight is 639 g/mol. The van der Waals surface area contributed by atoms with Gasteiger partial charge in [0.05, 0.1) is 17.2 Å². The standard InChI is InChI=1S/C30H37F3N4O6S/c31-30(32,33)20-12-10-19(11-13-20)17-25(38)34-23-8-5-3-1-2-4-7-21-18-29(21,28(41)36-44(42,43)22-14-15-22)35-26(39)24-9-6-16-37(24)27(23)40/h4,7,10-13,21-24H,1-3,5-6,8-9,14-18H2,(H,34,38)(H,35,39)(H,36,41). The minimum Gasteiger partial charge on any atom is -0.344 e. The molecule has 1 aromatic carbocycles. The third-order valence-electron chi connectivity index (χ3n) is 8.81. The summed E-state index contributed by atoms with van der Waals surface area (Å²) < 4.78 is 65.9. The highest BCUT2D eigenvalue weighted by Crippen LogP contribution is 2.46. The van der Waals surface area contributed by atoms with E-state index in [0.29, 0.717) is 50.5 Å². The highest BCUT2D eigenvalue weighted by atomic mass is 32.2. The van der Waals surface area contributed by atoms with Crippen molar-refractivity contribution in [3.05, 3.63) is 47.5 Å². The Morgan fingerprint density at radius 2 is 1.73 bits per heavy atom. The second kappa shape index (κ2) is 12.5. The second-order valence-corrected chi connectivity index (χ2v) is 14.2. The molecule has 240 valence electrons. The Kier molecular flexibility index (Phi) is 9.11. The van der Waals surface area contributed by atoms with Crippen LogP contribution in [0.3, 0.4) is 0 Å². The van der Waals surface area contributed by atoms with Gasteiger partial charge in [-0.2, -0.15) is 13.2 Å². The summed E-state index contributed by atoms with van der Waals surface area (Å²) in [6, 6.07) is 2.40. The van der Waals surface area contributed by atoms with E-state index in [0.717, 1.165) is 25.0 Å². The number of amides is 4. The van der Waals surface area contributed by atoms with Gasteiger partial charge in [-0.15, -0.1) is 0 Å². The number of allylic oxidation sites excluding steroid dienone is 1. The molecule has 14 heteroatoms. The molecule has 10 nitrogen and oxygen atoms in total. The Bertz CT molecular complexity index is 1430. The molecule has 0 spiro atoms. The maximum atomic E-state index is 13.8. The van der Waals surface area contributed by atoms with Crippen LogP contribution in [0.1, 0.15) is 75.3 Å². The van der Waals surface area contributed by atoms with Gasteiger partial charge >= 0.3 is 6.18 Å². The van der Waals surface area contributed by atoms with Crippen molar-refractivity contribution in [2.45, 2.75) is 99.7 Å². The third-order valence-corrected chi connectivity index (χ3v) is 10.6. The van der Waals surface area contributed by atoms with E-state index in [-0.39, 0.29) is 25.3 Å². The van der Waals surface area contributed by atoms with Gasteiger partial charge in [-0.05, 0) is 69.1 Å². The number of alkyl halides is 3. The first kappa shape index (κ1) is 32.0. The summed E-state index contributed by atoms with van der Waals surface area (Å²) >= 11 is 0. The summed E-state index contributed by atoms with van der Waals surface area (Å²) in [6.07, 6.45) is 4.23. The Morgan fingerprint density at radius 1 is 1.00 bits per heavy atom. The summed E-state index contributed by atoms with van der Waals surface area (Å²) in [4.78, 5) is 55.0. The van der Waals surface area contributed by atoms with Gasteiger partial charge < -0.3 is 15.5 Å². The molecule has 4 atom stereocenters. The van der Waals surface area contributed by atoms with Gasteiger partial charge in [0.1, 0.15) is 17.6 Å². The van der Waals surface area contributed by atoms with Gasteiger partial charge in [0.15, 0.2) is 0 Å². The number of hydrogen-bond donors (Lipinski definition) is 3. The fourth-order valence-electron chi connectivity index (χ4n) is 6.02. The van der Waals surface area contributed by atoms with Crippen LogP contribution >= 0.6 is 0 Å². The molecule has 0 aromatic heterocycles. The van der Waals surface area contributed by atoms with Crippen molar-refractivity contribution in [2.24, 2.45) is 5.92 Å². The van der Waals surface area contributed by atoms with Crippen molar-refractivity contribution in [3.8, 4) is 0 Å². The number of nitrogens with zero attached hydrogens (tertiary/aromatic N) is 1. The monoisotopic (exact) mass is 638 g/mol. The van der Waals surface area contributed by atoms with Crippen LogP contribution in [0, 0.1) is 5.92 Å². The molecule has 3 N–H and O–H groups in total. The van der Waals surface area contributed by atoms with Gasteiger partial charge in [-0.1, -0.05) is 37.1 Å². The third kappa shape index (κ3) is 7.27. The molecular formula is C30H37F3N4O6S. The SMILES string of the molecule is O=C(Cc1ccc(C(F)(F)F)cc1)NC1CCCCCC=CC2CC2(C(=O)NS(=O)(=O)C2CC2)NC(=O)C2CCCN2C1=O. The number of hydrogen-bond acceptors (Lipinski definition) is 6. The number of carbonyl (C=O) groups is 4. The van der Waals surface area contributed by atoms with Crippen LogP contribution in [-0.2, 0) is 41.8 Å². The van der Waals surface area contributed by atoms with Gasteiger partial charge in [-0.3, -0.25) is 23.9 Å². The van der Waals surface area contributed by atoms with Crippen molar-refractivity contribution in [2.75, 3.05) is 6.54 Å². The zero-order chi connectivity index (χ0) is 31.7. The first-order valence-corrected chi connectivity index (χ1v) is 16.7. The molecule has 2 saturated carbocycles. The number of fused-ring (bicyclic) bond motifs is 2. The molecule has 2 aliphatic heterocycles.